The third-order valence-corrected chi connectivity index (χ3v) is 8.41. The maximum absolute atomic E-state index is 13.3. The highest BCUT2D eigenvalue weighted by molar-refractivity contribution is 5.92. The standard InChI is InChI=1S/C31H34F3N5O2/c32-31(33,34)24-5-3-4-23(20-24)21-39-19-15-30(41-27-7-2-1-6-26(27)39)13-17-38(18-14-30)28-11-10-25(36-37-28)29(40)35-16-12-22-8-9-22/h1-7,10-11,20,22H,8-9,12-19,21H2,(H,35,40). The minimum absolute atomic E-state index is 0.192. The predicted octanol–water partition coefficient (Wildman–Crippen LogP) is 5.85. The van der Waals surface area contributed by atoms with Gasteiger partial charge in [0.1, 0.15) is 11.4 Å². The lowest BCUT2D eigenvalue weighted by Crippen LogP contribution is -2.49. The smallest absolute Gasteiger partial charge is 0.416 e. The number of carbonyl (C=O) groups is 1. The van der Waals surface area contributed by atoms with E-state index < -0.39 is 11.7 Å². The summed E-state index contributed by atoms with van der Waals surface area (Å²) in [7, 11) is 0. The number of para-hydroxylation sites is 2. The minimum Gasteiger partial charge on any atom is -0.485 e. The van der Waals surface area contributed by atoms with Crippen LogP contribution in [-0.4, -0.2) is 47.9 Å². The molecule has 41 heavy (non-hydrogen) atoms. The van der Waals surface area contributed by atoms with E-state index >= 15 is 0 Å². The molecule has 3 aromatic rings. The molecule has 6 rings (SSSR count). The average Bonchev–Trinajstić information content (AvgIpc) is 3.81. The number of ether oxygens (including phenoxy) is 1. The summed E-state index contributed by atoms with van der Waals surface area (Å²) in [4.78, 5) is 16.7. The van der Waals surface area contributed by atoms with Gasteiger partial charge < -0.3 is 19.9 Å². The first-order valence-electron chi connectivity index (χ1n) is 14.3. The number of amides is 1. The van der Waals surface area contributed by atoms with Gasteiger partial charge in [-0.2, -0.15) is 13.2 Å². The van der Waals surface area contributed by atoms with E-state index in [1.807, 2.05) is 30.3 Å². The van der Waals surface area contributed by atoms with Gasteiger partial charge in [0, 0.05) is 52.0 Å². The number of carbonyl (C=O) groups excluding carboxylic acids is 1. The van der Waals surface area contributed by atoms with Gasteiger partial charge in [0.2, 0.25) is 0 Å². The molecule has 0 unspecified atom stereocenters. The molecule has 216 valence electrons. The molecule has 0 atom stereocenters. The zero-order chi connectivity index (χ0) is 28.5. The van der Waals surface area contributed by atoms with Crippen molar-refractivity contribution in [2.75, 3.05) is 36.0 Å². The maximum atomic E-state index is 13.3. The van der Waals surface area contributed by atoms with Crippen molar-refractivity contribution in [2.24, 2.45) is 5.92 Å². The van der Waals surface area contributed by atoms with Crippen LogP contribution >= 0.6 is 0 Å². The summed E-state index contributed by atoms with van der Waals surface area (Å²) in [5.41, 5.74) is 0.801. The van der Waals surface area contributed by atoms with Gasteiger partial charge in [0.15, 0.2) is 11.5 Å². The molecule has 1 saturated carbocycles. The third kappa shape index (κ3) is 6.41. The summed E-state index contributed by atoms with van der Waals surface area (Å²) >= 11 is 0. The van der Waals surface area contributed by atoms with E-state index in [1.54, 1.807) is 12.1 Å². The molecule has 2 aromatic carbocycles. The van der Waals surface area contributed by atoms with E-state index in [9.17, 15) is 18.0 Å². The van der Waals surface area contributed by atoms with Gasteiger partial charge in [-0.1, -0.05) is 37.1 Å². The average molecular weight is 566 g/mol. The number of alkyl halides is 3. The van der Waals surface area contributed by atoms with Crippen LogP contribution in [0.5, 0.6) is 5.75 Å². The van der Waals surface area contributed by atoms with Crippen LogP contribution in [0.1, 0.15) is 60.1 Å². The summed E-state index contributed by atoms with van der Waals surface area (Å²) in [5.74, 6) is 2.05. The summed E-state index contributed by atoms with van der Waals surface area (Å²) in [5, 5.41) is 11.4. The van der Waals surface area contributed by atoms with Crippen LogP contribution in [0.15, 0.2) is 60.7 Å². The number of piperidine rings is 1. The molecule has 0 bridgehead atoms. The van der Waals surface area contributed by atoms with Crippen molar-refractivity contribution in [2.45, 2.75) is 56.8 Å². The van der Waals surface area contributed by atoms with Crippen molar-refractivity contribution < 1.29 is 22.7 Å². The van der Waals surface area contributed by atoms with Gasteiger partial charge >= 0.3 is 6.18 Å². The van der Waals surface area contributed by atoms with Gasteiger partial charge in [-0.05, 0) is 54.3 Å². The largest absolute Gasteiger partial charge is 0.485 e. The number of rotatable bonds is 7. The number of nitrogens with zero attached hydrogens (tertiary/aromatic N) is 4. The Balaban J connectivity index is 1.10. The van der Waals surface area contributed by atoms with Crippen LogP contribution in [0.25, 0.3) is 0 Å². The molecule has 1 aromatic heterocycles. The summed E-state index contributed by atoms with van der Waals surface area (Å²) < 4.78 is 46.6. The Bertz CT molecular complexity index is 1370. The Morgan fingerprint density at radius 1 is 0.976 bits per heavy atom. The number of anilines is 2. The Labute approximate surface area is 237 Å². The van der Waals surface area contributed by atoms with Crippen molar-refractivity contribution in [1.29, 1.82) is 0 Å². The van der Waals surface area contributed by atoms with Crippen molar-refractivity contribution in [1.82, 2.24) is 15.5 Å². The minimum atomic E-state index is -4.37. The molecule has 3 aliphatic rings. The highest BCUT2D eigenvalue weighted by Gasteiger charge is 2.40. The van der Waals surface area contributed by atoms with Crippen molar-refractivity contribution in [3.05, 3.63) is 77.5 Å². The molecular weight excluding hydrogens is 531 g/mol. The first-order chi connectivity index (χ1) is 19.8. The van der Waals surface area contributed by atoms with Crippen LogP contribution in [0, 0.1) is 5.92 Å². The van der Waals surface area contributed by atoms with E-state index in [4.69, 9.17) is 4.74 Å². The zero-order valence-corrected chi connectivity index (χ0v) is 22.9. The molecule has 1 spiro atoms. The second-order valence-corrected chi connectivity index (χ2v) is 11.4. The summed E-state index contributed by atoms with van der Waals surface area (Å²) in [6, 6.07) is 16.9. The van der Waals surface area contributed by atoms with E-state index in [-0.39, 0.29) is 11.5 Å². The molecule has 3 heterocycles. The lowest BCUT2D eigenvalue weighted by Gasteiger charge is -2.41. The fourth-order valence-corrected chi connectivity index (χ4v) is 5.78. The van der Waals surface area contributed by atoms with E-state index in [2.05, 4.69) is 25.3 Å². The number of nitrogens with one attached hydrogen (secondary N) is 1. The molecular formula is C31H34F3N5O2. The predicted molar refractivity (Wildman–Crippen MR) is 150 cm³/mol. The van der Waals surface area contributed by atoms with Crippen molar-refractivity contribution >= 4 is 17.4 Å². The topological polar surface area (TPSA) is 70.6 Å². The van der Waals surface area contributed by atoms with Crippen LogP contribution in [0.3, 0.4) is 0 Å². The van der Waals surface area contributed by atoms with E-state index in [1.165, 1.54) is 25.0 Å². The van der Waals surface area contributed by atoms with Gasteiger partial charge in [-0.15, -0.1) is 10.2 Å². The van der Waals surface area contributed by atoms with Gasteiger partial charge in [0.25, 0.3) is 5.91 Å². The second-order valence-electron chi connectivity index (χ2n) is 11.4. The van der Waals surface area contributed by atoms with Gasteiger partial charge in [-0.25, -0.2) is 0 Å². The lowest BCUT2D eigenvalue weighted by molar-refractivity contribution is -0.137. The number of fused-ring (bicyclic) bond motifs is 1. The Hall–Kier alpha value is -3.82. The first-order valence-corrected chi connectivity index (χ1v) is 14.3. The quantitative estimate of drug-likeness (QED) is 0.388. The van der Waals surface area contributed by atoms with Gasteiger partial charge in [-0.3, -0.25) is 4.79 Å². The van der Waals surface area contributed by atoms with Crippen LogP contribution in [0.4, 0.5) is 24.7 Å². The molecule has 2 fully saturated rings. The van der Waals surface area contributed by atoms with Crippen molar-refractivity contribution in [3.63, 3.8) is 0 Å². The normalized spacial score (nSPS) is 18.4. The van der Waals surface area contributed by atoms with E-state index in [0.717, 1.165) is 68.0 Å². The lowest BCUT2D eigenvalue weighted by atomic mass is 9.87. The molecule has 1 amide bonds. The van der Waals surface area contributed by atoms with Crippen molar-refractivity contribution in [3.8, 4) is 5.75 Å². The number of hydrogen-bond donors (Lipinski definition) is 1. The number of hydrogen-bond acceptors (Lipinski definition) is 6. The van der Waals surface area contributed by atoms with E-state index in [0.29, 0.717) is 30.9 Å². The van der Waals surface area contributed by atoms with Crippen LogP contribution < -0.4 is 19.9 Å². The SMILES string of the molecule is O=C(NCCC1CC1)c1ccc(N2CCC3(CC2)CCN(Cc2cccc(C(F)(F)F)c2)c2ccccc2O3)nn1. The Kier molecular flexibility index (Phi) is 7.48. The van der Waals surface area contributed by atoms with Crippen LogP contribution in [-0.2, 0) is 12.7 Å². The highest BCUT2D eigenvalue weighted by Crippen LogP contribution is 2.41. The number of halogens is 3. The first kappa shape index (κ1) is 27.4. The Morgan fingerprint density at radius 2 is 1.76 bits per heavy atom. The molecule has 1 N–H and O–H groups in total. The van der Waals surface area contributed by atoms with Gasteiger partial charge in [0.05, 0.1) is 11.3 Å². The monoisotopic (exact) mass is 565 g/mol. The zero-order valence-electron chi connectivity index (χ0n) is 22.9. The molecule has 1 saturated heterocycles. The maximum Gasteiger partial charge on any atom is 0.416 e. The number of benzene rings is 2. The summed E-state index contributed by atoms with van der Waals surface area (Å²) in [6.07, 6.45) is 1.45. The molecule has 0 radical (unpaired) electrons. The van der Waals surface area contributed by atoms with Crippen LogP contribution in [0.2, 0.25) is 0 Å². The molecule has 10 heteroatoms. The summed E-state index contributed by atoms with van der Waals surface area (Å²) in [6.45, 7) is 3.14. The third-order valence-electron chi connectivity index (χ3n) is 8.41. The Morgan fingerprint density at radius 3 is 2.49 bits per heavy atom. The molecule has 7 nitrogen and oxygen atoms in total. The highest BCUT2D eigenvalue weighted by atomic mass is 19.4. The fourth-order valence-electron chi connectivity index (χ4n) is 5.78. The fraction of sp³-hybridized carbons (Fsp3) is 0.452. The second kappa shape index (κ2) is 11.2. The molecule has 1 aliphatic carbocycles. The molecule has 2 aliphatic heterocycles. The number of aromatic nitrogens is 2.